The van der Waals surface area contributed by atoms with Crippen LogP contribution < -0.4 is 10.6 Å². The van der Waals surface area contributed by atoms with Crippen LogP contribution in [-0.4, -0.2) is 46.9 Å². The topological polar surface area (TPSA) is 68.2 Å². The molecule has 0 radical (unpaired) electrons. The summed E-state index contributed by atoms with van der Waals surface area (Å²) >= 11 is 0. The zero-order valence-corrected chi connectivity index (χ0v) is 15.2. The molecule has 0 spiro atoms. The van der Waals surface area contributed by atoms with Gasteiger partial charge in [0, 0.05) is 37.1 Å². The first kappa shape index (κ1) is 19.4. The molecule has 0 aliphatic carbocycles. The number of alkyl halides is 3. The average molecular weight is 382 g/mol. The first-order chi connectivity index (χ1) is 12.7. The van der Waals surface area contributed by atoms with E-state index in [2.05, 4.69) is 15.6 Å². The van der Waals surface area contributed by atoms with Crippen molar-refractivity contribution in [1.82, 2.24) is 14.9 Å². The van der Waals surface area contributed by atoms with Crippen LogP contribution in [0.25, 0.3) is 5.69 Å². The maximum absolute atomic E-state index is 13.2. The average Bonchev–Trinajstić information content (AvgIpc) is 3.21. The molecular weight excluding hydrogens is 361 g/mol. The zero-order chi connectivity index (χ0) is 19.8. The van der Waals surface area contributed by atoms with Gasteiger partial charge >= 0.3 is 6.18 Å². The Hall–Kier alpha value is -2.39. The number of amides is 1. The Morgan fingerprint density at radius 2 is 2.00 bits per heavy atom. The van der Waals surface area contributed by atoms with Crippen molar-refractivity contribution in [3.05, 3.63) is 42.0 Å². The minimum absolute atomic E-state index is 0.455. The zero-order valence-electron chi connectivity index (χ0n) is 15.2. The van der Waals surface area contributed by atoms with E-state index in [4.69, 9.17) is 4.74 Å². The Labute approximate surface area is 154 Å². The molecule has 1 amide bonds. The summed E-state index contributed by atoms with van der Waals surface area (Å²) in [4.78, 5) is 16.6. The molecule has 2 atom stereocenters. The van der Waals surface area contributed by atoms with Crippen molar-refractivity contribution in [3.63, 3.8) is 0 Å². The van der Waals surface area contributed by atoms with Gasteiger partial charge in [0.15, 0.2) is 5.60 Å². The Bertz CT molecular complexity index is 832. The predicted molar refractivity (Wildman–Crippen MR) is 93.9 cm³/mol. The Kier molecular flexibility index (Phi) is 5.00. The summed E-state index contributed by atoms with van der Waals surface area (Å²) in [7, 11) is 1.01. The van der Waals surface area contributed by atoms with Crippen molar-refractivity contribution < 1.29 is 22.7 Å². The first-order valence-corrected chi connectivity index (χ1v) is 8.44. The van der Waals surface area contributed by atoms with Crippen LogP contribution in [-0.2, 0) is 9.53 Å². The van der Waals surface area contributed by atoms with Crippen molar-refractivity contribution >= 4 is 11.6 Å². The lowest BCUT2D eigenvalue weighted by molar-refractivity contribution is -0.261. The Morgan fingerprint density at radius 3 is 2.48 bits per heavy atom. The van der Waals surface area contributed by atoms with E-state index in [-0.39, 0.29) is 0 Å². The van der Waals surface area contributed by atoms with Crippen LogP contribution in [0.15, 0.2) is 30.6 Å². The monoisotopic (exact) mass is 382 g/mol. The van der Waals surface area contributed by atoms with E-state index in [0.717, 1.165) is 24.2 Å². The van der Waals surface area contributed by atoms with E-state index in [9.17, 15) is 18.0 Å². The molecule has 1 saturated heterocycles. The molecular formula is C18H21F3N4O2. The molecule has 1 aromatic carbocycles. The van der Waals surface area contributed by atoms with Crippen LogP contribution in [0.3, 0.4) is 0 Å². The summed E-state index contributed by atoms with van der Waals surface area (Å²) in [5, 5.41) is 5.25. The predicted octanol–water partition coefficient (Wildman–Crippen LogP) is 2.74. The van der Waals surface area contributed by atoms with Gasteiger partial charge in [-0.15, -0.1) is 0 Å². The minimum atomic E-state index is -4.55. The number of anilines is 1. The number of aromatic nitrogens is 2. The molecule has 6 nitrogen and oxygen atoms in total. The van der Waals surface area contributed by atoms with Crippen molar-refractivity contribution in [2.75, 3.05) is 19.0 Å². The summed E-state index contributed by atoms with van der Waals surface area (Å²) < 4.78 is 46.3. The highest BCUT2D eigenvalue weighted by Gasteiger charge is 2.60. The standard InChI is InChI=1S/C18H21F3N4O2/c1-11-12(2)25(10-23-11)14-6-4-13(5-7-14)24-16(26)15-8-17(27-3,9-22-15)18(19,20)21/h4-7,10,15,22H,8-9H2,1-3H3,(H,24,26)/t15-,17-/m0/s1. The van der Waals surface area contributed by atoms with Gasteiger partial charge in [-0.25, -0.2) is 4.98 Å². The van der Waals surface area contributed by atoms with Crippen molar-refractivity contribution in [2.24, 2.45) is 0 Å². The third kappa shape index (κ3) is 3.57. The molecule has 1 fully saturated rings. The molecule has 0 unspecified atom stereocenters. The van der Waals surface area contributed by atoms with Gasteiger partial charge in [-0.3, -0.25) is 4.79 Å². The number of carbonyl (C=O) groups excluding carboxylic acids is 1. The summed E-state index contributed by atoms with van der Waals surface area (Å²) in [6, 6.07) is 6.03. The normalized spacial score (nSPS) is 22.8. The number of nitrogens with one attached hydrogen (secondary N) is 2. The van der Waals surface area contributed by atoms with Gasteiger partial charge in [0.2, 0.25) is 5.91 Å². The molecule has 27 heavy (non-hydrogen) atoms. The molecule has 0 saturated carbocycles. The van der Waals surface area contributed by atoms with E-state index in [1.807, 2.05) is 18.4 Å². The summed E-state index contributed by atoms with van der Waals surface area (Å²) in [6.45, 7) is 3.41. The lowest BCUT2D eigenvalue weighted by Crippen LogP contribution is -2.48. The van der Waals surface area contributed by atoms with Gasteiger partial charge in [-0.1, -0.05) is 0 Å². The first-order valence-electron chi connectivity index (χ1n) is 8.44. The second-order valence-corrected chi connectivity index (χ2v) is 6.66. The van der Waals surface area contributed by atoms with Gasteiger partial charge in [0.25, 0.3) is 0 Å². The fraction of sp³-hybridized carbons (Fsp3) is 0.444. The van der Waals surface area contributed by atoms with E-state index >= 15 is 0 Å². The Balaban J connectivity index is 1.68. The number of rotatable bonds is 4. The highest BCUT2D eigenvalue weighted by molar-refractivity contribution is 5.95. The second-order valence-electron chi connectivity index (χ2n) is 6.66. The van der Waals surface area contributed by atoms with Crippen LogP contribution in [0.4, 0.5) is 18.9 Å². The number of aryl methyl sites for hydroxylation is 1. The molecule has 2 aromatic rings. The maximum atomic E-state index is 13.2. The molecule has 9 heteroatoms. The molecule has 0 bridgehead atoms. The number of nitrogens with zero attached hydrogens (tertiary/aromatic N) is 2. The van der Waals surface area contributed by atoms with Gasteiger partial charge in [0.1, 0.15) is 0 Å². The van der Waals surface area contributed by atoms with Crippen molar-refractivity contribution in [3.8, 4) is 5.69 Å². The Morgan fingerprint density at radius 1 is 1.33 bits per heavy atom. The number of methoxy groups -OCH3 is 1. The van der Waals surface area contributed by atoms with Crippen LogP contribution >= 0.6 is 0 Å². The van der Waals surface area contributed by atoms with E-state index in [1.54, 1.807) is 30.6 Å². The lowest BCUT2D eigenvalue weighted by atomic mass is 9.99. The highest BCUT2D eigenvalue weighted by atomic mass is 19.4. The third-order valence-electron chi connectivity index (χ3n) is 5.06. The lowest BCUT2D eigenvalue weighted by Gasteiger charge is -2.29. The maximum Gasteiger partial charge on any atom is 0.418 e. The minimum Gasteiger partial charge on any atom is -0.367 e. The molecule has 1 aliphatic rings. The quantitative estimate of drug-likeness (QED) is 0.853. The number of ether oxygens (including phenoxy) is 1. The second kappa shape index (κ2) is 6.97. The number of carbonyl (C=O) groups is 1. The van der Waals surface area contributed by atoms with Crippen LogP contribution in [0.5, 0.6) is 0 Å². The summed E-state index contributed by atoms with van der Waals surface area (Å²) in [6.07, 6.45) is -3.31. The van der Waals surface area contributed by atoms with Crippen LogP contribution in [0, 0.1) is 13.8 Å². The number of imidazole rings is 1. The molecule has 2 heterocycles. The van der Waals surface area contributed by atoms with Gasteiger partial charge in [-0.05, 0) is 38.1 Å². The van der Waals surface area contributed by atoms with E-state index in [1.165, 1.54) is 0 Å². The summed E-state index contributed by atoms with van der Waals surface area (Å²) in [5.74, 6) is -0.527. The van der Waals surface area contributed by atoms with Gasteiger partial charge in [0.05, 0.1) is 18.1 Å². The number of hydrogen-bond donors (Lipinski definition) is 2. The van der Waals surface area contributed by atoms with Crippen LogP contribution in [0.2, 0.25) is 0 Å². The fourth-order valence-corrected chi connectivity index (χ4v) is 3.13. The van der Waals surface area contributed by atoms with Crippen molar-refractivity contribution in [1.29, 1.82) is 0 Å². The smallest absolute Gasteiger partial charge is 0.367 e. The molecule has 1 aromatic heterocycles. The number of benzene rings is 1. The summed E-state index contributed by atoms with van der Waals surface area (Å²) in [5.41, 5.74) is 0.967. The SMILES string of the molecule is CO[C@]1(C(F)(F)F)CN[C@H](C(=O)Nc2ccc(-n3cnc(C)c3C)cc2)C1. The third-order valence-corrected chi connectivity index (χ3v) is 5.06. The fourth-order valence-electron chi connectivity index (χ4n) is 3.13. The molecule has 146 valence electrons. The van der Waals surface area contributed by atoms with Gasteiger partial charge in [-0.2, -0.15) is 13.2 Å². The number of halogens is 3. The van der Waals surface area contributed by atoms with Crippen LogP contribution in [0.1, 0.15) is 17.8 Å². The number of hydrogen-bond acceptors (Lipinski definition) is 4. The molecule has 3 rings (SSSR count). The highest BCUT2D eigenvalue weighted by Crippen LogP contribution is 2.39. The van der Waals surface area contributed by atoms with E-state index < -0.39 is 36.7 Å². The van der Waals surface area contributed by atoms with E-state index in [0.29, 0.717) is 5.69 Å². The van der Waals surface area contributed by atoms with Crippen molar-refractivity contribution in [2.45, 2.75) is 38.1 Å². The molecule has 2 N–H and O–H groups in total. The largest absolute Gasteiger partial charge is 0.418 e. The van der Waals surface area contributed by atoms with Gasteiger partial charge < -0.3 is 19.9 Å². The molecule has 1 aliphatic heterocycles.